The zero-order valence-electron chi connectivity index (χ0n) is 11.4. The standard InChI is InChI=1S/C8H14N2O2.C5H6N2O/c1-2-10-7(11)9-6-4-3-5-8(6,10)12;6-5(8)4-2-1-3-7-4/h6,12H,2-5H2,1H3,(H,9,11);1-3,7H,(H2,6,8)/t6-,8-;/m0./s1. The van der Waals surface area contributed by atoms with Crippen LogP contribution in [0.1, 0.15) is 36.7 Å². The lowest BCUT2D eigenvalue weighted by molar-refractivity contribution is -0.0621. The first-order valence-electron chi connectivity index (χ1n) is 6.72. The van der Waals surface area contributed by atoms with Gasteiger partial charge in [-0.3, -0.25) is 9.69 Å². The highest BCUT2D eigenvalue weighted by Gasteiger charge is 2.53. The smallest absolute Gasteiger partial charge is 0.320 e. The number of hydrogen-bond acceptors (Lipinski definition) is 3. The number of carbonyl (C=O) groups excluding carboxylic acids is 2. The van der Waals surface area contributed by atoms with Crippen molar-refractivity contribution >= 4 is 11.9 Å². The van der Waals surface area contributed by atoms with Crippen molar-refractivity contribution in [1.82, 2.24) is 15.2 Å². The average Bonchev–Trinajstić information content (AvgIpc) is 3.05. The van der Waals surface area contributed by atoms with Gasteiger partial charge < -0.3 is 21.1 Å². The van der Waals surface area contributed by atoms with Gasteiger partial charge in [-0.1, -0.05) is 0 Å². The number of aliphatic hydroxyl groups is 1. The summed E-state index contributed by atoms with van der Waals surface area (Å²) in [5, 5.41) is 12.9. The summed E-state index contributed by atoms with van der Waals surface area (Å²) in [6, 6.07) is 3.19. The number of fused-ring (bicyclic) bond motifs is 1. The third-order valence-corrected chi connectivity index (χ3v) is 3.79. The zero-order chi connectivity index (χ0) is 14.8. The largest absolute Gasteiger partial charge is 0.369 e. The molecule has 5 N–H and O–H groups in total. The van der Waals surface area contributed by atoms with Crippen LogP contribution >= 0.6 is 0 Å². The van der Waals surface area contributed by atoms with Gasteiger partial charge in [-0.25, -0.2) is 4.79 Å². The summed E-state index contributed by atoms with van der Waals surface area (Å²) in [4.78, 5) is 25.7. The fraction of sp³-hybridized carbons (Fsp3) is 0.538. The number of carbonyl (C=O) groups is 2. The summed E-state index contributed by atoms with van der Waals surface area (Å²) in [5.74, 6) is -0.421. The summed E-state index contributed by atoms with van der Waals surface area (Å²) in [7, 11) is 0. The van der Waals surface area contributed by atoms with Crippen molar-refractivity contribution in [3.05, 3.63) is 24.0 Å². The maximum Gasteiger partial charge on any atom is 0.320 e. The summed E-state index contributed by atoms with van der Waals surface area (Å²) in [6.45, 7) is 2.47. The van der Waals surface area contributed by atoms with Crippen LogP contribution in [0.25, 0.3) is 0 Å². The molecule has 1 saturated carbocycles. The molecule has 2 aliphatic rings. The molecule has 0 spiro atoms. The summed E-state index contributed by atoms with van der Waals surface area (Å²) in [5.41, 5.74) is 4.45. The molecule has 3 rings (SSSR count). The molecule has 1 aromatic rings. The van der Waals surface area contributed by atoms with E-state index >= 15 is 0 Å². The van der Waals surface area contributed by atoms with Gasteiger partial charge in [0.25, 0.3) is 5.91 Å². The number of rotatable bonds is 2. The molecule has 110 valence electrons. The van der Waals surface area contributed by atoms with Gasteiger partial charge in [0.1, 0.15) is 5.69 Å². The van der Waals surface area contributed by atoms with Crippen molar-refractivity contribution in [3.63, 3.8) is 0 Å². The second-order valence-corrected chi connectivity index (χ2v) is 4.97. The molecule has 1 aliphatic heterocycles. The summed E-state index contributed by atoms with van der Waals surface area (Å²) in [6.07, 6.45) is 4.26. The predicted molar refractivity (Wildman–Crippen MR) is 72.8 cm³/mol. The van der Waals surface area contributed by atoms with Gasteiger partial charge in [0.2, 0.25) is 0 Å². The minimum atomic E-state index is -0.883. The van der Waals surface area contributed by atoms with E-state index in [9.17, 15) is 14.7 Å². The van der Waals surface area contributed by atoms with E-state index in [2.05, 4.69) is 10.3 Å². The molecular weight excluding hydrogens is 260 g/mol. The second kappa shape index (κ2) is 5.54. The van der Waals surface area contributed by atoms with Crippen molar-refractivity contribution in [2.24, 2.45) is 5.73 Å². The van der Waals surface area contributed by atoms with Crippen LogP contribution in [0, 0.1) is 0 Å². The number of amides is 3. The Morgan fingerprint density at radius 1 is 1.65 bits per heavy atom. The highest BCUT2D eigenvalue weighted by atomic mass is 16.3. The lowest BCUT2D eigenvalue weighted by Gasteiger charge is -2.30. The number of aromatic nitrogens is 1. The molecule has 20 heavy (non-hydrogen) atoms. The van der Waals surface area contributed by atoms with Crippen molar-refractivity contribution < 1.29 is 14.7 Å². The number of nitrogens with one attached hydrogen (secondary N) is 2. The van der Waals surface area contributed by atoms with Gasteiger partial charge in [0.15, 0.2) is 5.72 Å². The van der Waals surface area contributed by atoms with Gasteiger partial charge in [0.05, 0.1) is 6.04 Å². The molecule has 2 heterocycles. The maximum absolute atomic E-state index is 11.3. The number of H-pyrrole nitrogens is 1. The highest BCUT2D eigenvalue weighted by Crippen LogP contribution is 2.37. The molecule has 3 amide bonds. The predicted octanol–water partition coefficient (Wildman–Crippen LogP) is 0.386. The van der Waals surface area contributed by atoms with Crippen LogP contribution in [0.3, 0.4) is 0 Å². The monoisotopic (exact) mass is 280 g/mol. The number of primary amides is 1. The van der Waals surface area contributed by atoms with Gasteiger partial charge in [0, 0.05) is 12.7 Å². The van der Waals surface area contributed by atoms with E-state index in [1.807, 2.05) is 6.92 Å². The normalized spacial score (nSPS) is 27.6. The fourth-order valence-electron chi connectivity index (χ4n) is 2.79. The Hall–Kier alpha value is -2.02. The van der Waals surface area contributed by atoms with E-state index < -0.39 is 11.6 Å². The van der Waals surface area contributed by atoms with Gasteiger partial charge in [-0.2, -0.15) is 0 Å². The first kappa shape index (κ1) is 14.4. The molecule has 0 bridgehead atoms. The number of urea groups is 1. The molecule has 0 radical (unpaired) electrons. The Bertz CT molecular complexity index is 488. The fourth-order valence-corrected chi connectivity index (χ4v) is 2.79. The first-order chi connectivity index (χ1) is 9.49. The Morgan fingerprint density at radius 2 is 2.40 bits per heavy atom. The van der Waals surface area contributed by atoms with E-state index in [4.69, 9.17) is 5.73 Å². The van der Waals surface area contributed by atoms with E-state index in [-0.39, 0.29) is 12.1 Å². The van der Waals surface area contributed by atoms with Crippen LogP contribution in [0.2, 0.25) is 0 Å². The Balaban J connectivity index is 0.000000160. The third-order valence-electron chi connectivity index (χ3n) is 3.79. The summed E-state index contributed by atoms with van der Waals surface area (Å²) < 4.78 is 0. The Labute approximate surface area is 117 Å². The average molecular weight is 280 g/mol. The Morgan fingerprint density at radius 3 is 2.90 bits per heavy atom. The molecule has 0 unspecified atom stereocenters. The molecule has 1 saturated heterocycles. The number of likely N-dealkylation sites (N-methyl/N-ethyl adjacent to an activating group) is 1. The SMILES string of the molecule is CCN1C(=O)N[C@H]2CCC[C@]21O.NC(=O)c1ccc[nH]1. The van der Waals surface area contributed by atoms with Gasteiger partial charge >= 0.3 is 6.03 Å². The van der Waals surface area contributed by atoms with Crippen LogP contribution in [-0.2, 0) is 0 Å². The third kappa shape index (κ3) is 2.49. The van der Waals surface area contributed by atoms with Crippen LogP contribution in [0.15, 0.2) is 18.3 Å². The first-order valence-corrected chi connectivity index (χ1v) is 6.72. The van der Waals surface area contributed by atoms with Gasteiger partial charge in [-0.15, -0.1) is 0 Å². The number of nitrogens with two attached hydrogens (primary N) is 1. The van der Waals surface area contributed by atoms with E-state index in [0.717, 1.165) is 12.8 Å². The molecule has 7 nitrogen and oxygen atoms in total. The van der Waals surface area contributed by atoms with Crippen LogP contribution in [0.5, 0.6) is 0 Å². The Kier molecular flexibility index (Phi) is 3.99. The second-order valence-electron chi connectivity index (χ2n) is 4.97. The molecule has 2 fully saturated rings. The molecule has 1 aliphatic carbocycles. The van der Waals surface area contributed by atoms with E-state index in [0.29, 0.717) is 18.7 Å². The minimum Gasteiger partial charge on any atom is -0.369 e. The topological polar surface area (TPSA) is 111 Å². The lowest BCUT2D eigenvalue weighted by atomic mass is 10.1. The summed E-state index contributed by atoms with van der Waals surface area (Å²) >= 11 is 0. The molecule has 1 aromatic heterocycles. The van der Waals surface area contributed by atoms with Crippen molar-refractivity contribution in [2.45, 2.75) is 38.0 Å². The maximum atomic E-state index is 11.3. The quantitative estimate of drug-likeness (QED) is 0.628. The minimum absolute atomic E-state index is 0.0371. The zero-order valence-corrected chi connectivity index (χ0v) is 11.4. The van der Waals surface area contributed by atoms with Crippen molar-refractivity contribution in [1.29, 1.82) is 0 Å². The number of nitrogens with zero attached hydrogens (tertiary/aromatic N) is 1. The number of hydrogen-bond donors (Lipinski definition) is 4. The molecule has 7 heteroatoms. The molecular formula is C13H20N4O3. The van der Waals surface area contributed by atoms with Crippen molar-refractivity contribution in [3.8, 4) is 0 Å². The van der Waals surface area contributed by atoms with E-state index in [1.165, 1.54) is 4.90 Å². The van der Waals surface area contributed by atoms with E-state index in [1.54, 1.807) is 18.3 Å². The van der Waals surface area contributed by atoms with Crippen LogP contribution in [0.4, 0.5) is 4.79 Å². The van der Waals surface area contributed by atoms with Crippen LogP contribution in [-0.4, -0.2) is 45.2 Å². The number of aromatic amines is 1. The van der Waals surface area contributed by atoms with Crippen molar-refractivity contribution in [2.75, 3.05) is 6.54 Å². The molecule has 0 aromatic carbocycles. The highest BCUT2D eigenvalue weighted by molar-refractivity contribution is 5.90. The van der Waals surface area contributed by atoms with Gasteiger partial charge in [-0.05, 0) is 38.3 Å². The lowest BCUT2D eigenvalue weighted by Crippen LogP contribution is -2.48. The van der Waals surface area contributed by atoms with Crippen LogP contribution < -0.4 is 11.1 Å². The molecule has 2 atom stereocenters.